The second kappa shape index (κ2) is 14.6. The number of rotatable bonds is 4. The van der Waals surface area contributed by atoms with Crippen molar-refractivity contribution in [3.63, 3.8) is 0 Å². The summed E-state index contributed by atoms with van der Waals surface area (Å²) in [5.74, 6) is 0. The first-order chi connectivity index (χ1) is 25.4. The first kappa shape index (κ1) is 35.3. The predicted molar refractivity (Wildman–Crippen MR) is 221 cm³/mol. The summed E-state index contributed by atoms with van der Waals surface area (Å²) in [6.45, 7) is 0. The zero-order chi connectivity index (χ0) is 35.3. The van der Waals surface area contributed by atoms with Gasteiger partial charge in [-0.05, 0) is 119 Å². The van der Waals surface area contributed by atoms with Crippen LogP contribution in [-0.4, -0.2) is 19.9 Å². The Morgan fingerprint density at radius 2 is 0.509 bits per heavy atom. The maximum Gasteiger partial charge on any atom is 0.0737 e. The molecule has 8 bridgehead atoms. The summed E-state index contributed by atoms with van der Waals surface area (Å²) in [5, 5.41) is 2.64. The molecule has 0 saturated heterocycles. The minimum atomic E-state index is 0. The zero-order valence-corrected chi connectivity index (χ0v) is 34.0. The summed E-state index contributed by atoms with van der Waals surface area (Å²) in [6, 6.07) is 39.8. The Balaban J connectivity index is 0.00000400. The van der Waals surface area contributed by atoms with Crippen molar-refractivity contribution in [2.75, 3.05) is 0 Å². The van der Waals surface area contributed by atoms with E-state index in [2.05, 4.69) is 58.5 Å². The van der Waals surface area contributed by atoms with E-state index in [1.165, 1.54) is 0 Å². The number of benzene rings is 4. The van der Waals surface area contributed by atoms with E-state index in [0.717, 1.165) is 89.4 Å². The molecule has 252 valence electrons. The van der Waals surface area contributed by atoms with Gasteiger partial charge in [-0.25, -0.2) is 9.97 Å². The Hall–Kier alpha value is -4.74. The minimum Gasteiger partial charge on any atom is -0.354 e. The summed E-state index contributed by atoms with van der Waals surface area (Å²) in [7, 11) is 0. The Labute approximate surface area is 338 Å². The van der Waals surface area contributed by atoms with Crippen LogP contribution in [0.2, 0.25) is 20.1 Å². The van der Waals surface area contributed by atoms with Crippen LogP contribution in [0.5, 0.6) is 0 Å². The van der Waals surface area contributed by atoms with E-state index < -0.39 is 0 Å². The Bertz CT molecular complexity index is 2370. The third-order valence-corrected chi connectivity index (χ3v) is 10.3. The van der Waals surface area contributed by atoms with Crippen LogP contribution in [0.4, 0.5) is 0 Å². The van der Waals surface area contributed by atoms with Crippen LogP contribution in [0.1, 0.15) is 22.8 Å². The zero-order valence-electron chi connectivity index (χ0n) is 28.0. The molecule has 2 aliphatic rings. The molecule has 0 unspecified atom stereocenters. The van der Waals surface area contributed by atoms with E-state index in [9.17, 15) is 0 Å². The molecule has 4 nitrogen and oxygen atoms in total. The molecule has 4 aromatic carbocycles. The molecule has 0 atom stereocenters. The molecule has 7 aromatic rings. The van der Waals surface area contributed by atoms with Gasteiger partial charge in [-0.1, -0.05) is 94.9 Å². The quantitative estimate of drug-likeness (QED) is 0.174. The molecule has 0 fully saturated rings. The van der Waals surface area contributed by atoms with Crippen LogP contribution in [0.3, 0.4) is 0 Å². The van der Waals surface area contributed by atoms with Crippen LogP contribution in [0.25, 0.3) is 90.9 Å². The maximum atomic E-state index is 6.37. The molecule has 0 amide bonds. The summed E-state index contributed by atoms with van der Waals surface area (Å²) in [5.41, 5.74) is 14.5. The van der Waals surface area contributed by atoms with Crippen molar-refractivity contribution in [2.24, 2.45) is 0 Å². The van der Waals surface area contributed by atoms with Gasteiger partial charge in [-0.15, -0.1) is 0 Å². The standard InChI is InChI=1S/C44H26Cl4N4.Zn/c45-29-9-1-25(2-10-29)41-33-17-19-35(49-33)42(26-3-11-30(46)12-4-26)37-21-23-39(51-37)44(28-7-15-32(48)16-8-28)40-24-22-38(52-40)43(36-20-18-34(41)50-36)27-5-13-31(47)14-6-27;/h1-24,49,52H;. The van der Waals surface area contributed by atoms with E-state index in [4.69, 9.17) is 56.4 Å². The molecule has 9 heteroatoms. The van der Waals surface area contributed by atoms with Crippen molar-refractivity contribution in [2.45, 2.75) is 0 Å². The Morgan fingerprint density at radius 3 is 0.717 bits per heavy atom. The number of halogens is 4. The topological polar surface area (TPSA) is 57.4 Å². The minimum absolute atomic E-state index is 0. The second-order valence-electron chi connectivity index (χ2n) is 12.5. The second-order valence-corrected chi connectivity index (χ2v) is 14.3. The average molecular weight is 818 g/mol. The van der Waals surface area contributed by atoms with E-state index in [-0.39, 0.29) is 19.5 Å². The van der Waals surface area contributed by atoms with Crippen LogP contribution < -0.4 is 0 Å². The third-order valence-electron chi connectivity index (χ3n) is 9.29. The first-order valence-corrected chi connectivity index (χ1v) is 18.1. The third kappa shape index (κ3) is 6.81. The molecule has 0 saturated carbocycles. The van der Waals surface area contributed by atoms with E-state index in [1.807, 2.05) is 97.1 Å². The molecule has 5 heterocycles. The summed E-state index contributed by atoms with van der Waals surface area (Å²) in [6.07, 6.45) is 8.27. The van der Waals surface area contributed by atoms with Crippen molar-refractivity contribution >= 4 is 92.8 Å². The maximum absolute atomic E-state index is 6.37. The monoisotopic (exact) mass is 814 g/mol. The predicted octanol–water partition coefficient (Wildman–Crippen LogP) is 13.9. The van der Waals surface area contributed by atoms with E-state index in [1.54, 1.807) is 0 Å². The van der Waals surface area contributed by atoms with Crippen molar-refractivity contribution in [3.8, 4) is 44.5 Å². The van der Waals surface area contributed by atoms with Gasteiger partial charge in [0.2, 0.25) is 0 Å². The SMILES string of the molecule is Clc1ccc(-c2c3nc(c(-c4ccc(Cl)cc4)c4ccc([nH]4)c(-c4ccc(Cl)cc4)c4nc(c(-c5ccc(Cl)cc5)c5ccc2[nH]5)C=C4)C=C3)cc1.[Zn]. The van der Waals surface area contributed by atoms with E-state index in [0.29, 0.717) is 20.1 Å². The molecule has 53 heavy (non-hydrogen) atoms. The van der Waals surface area contributed by atoms with Gasteiger partial charge in [0, 0.05) is 83.9 Å². The molecule has 3 aromatic heterocycles. The van der Waals surface area contributed by atoms with Crippen LogP contribution in [0, 0.1) is 0 Å². The molecule has 2 aliphatic heterocycles. The smallest absolute Gasteiger partial charge is 0.0737 e. The number of hydrogen-bond donors (Lipinski definition) is 2. The van der Waals surface area contributed by atoms with Gasteiger partial charge in [0.25, 0.3) is 0 Å². The molecular weight excluding hydrogens is 792 g/mol. The first-order valence-electron chi connectivity index (χ1n) is 16.6. The van der Waals surface area contributed by atoms with Gasteiger partial charge in [0.15, 0.2) is 0 Å². The van der Waals surface area contributed by atoms with Crippen LogP contribution >= 0.6 is 46.4 Å². The van der Waals surface area contributed by atoms with Crippen molar-refractivity contribution in [1.29, 1.82) is 0 Å². The molecule has 0 spiro atoms. The summed E-state index contributed by atoms with van der Waals surface area (Å²) < 4.78 is 0. The number of fused-ring (bicyclic) bond motifs is 8. The summed E-state index contributed by atoms with van der Waals surface area (Å²) in [4.78, 5) is 18.1. The van der Waals surface area contributed by atoms with Gasteiger partial charge in [-0.3, -0.25) is 0 Å². The largest absolute Gasteiger partial charge is 0.354 e. The molecule has 2 N–H and O–H groups in total. The Kier molecular flexibility index (Phi) is 9.72. The van der Waals surface area contributed by atoms with Crippen LogP contribution in [-0.2, 0) is 19.5 Å². The van der Waals surface area contributed by atoms with Gasteiger partial charge in [-0.2, -0.15) is 0 Å². The number of hydrogen-bond acceptors (Lipinski definition) is 2. The Morgan fingerprint density at radius 1 is 0.302 bits per heavy atom. The van der Waals surface area contributed by atoms with Gasteiger partial charge < -0.3 is 9.97 Å². The number of nitrogens with one attached hydrogen (secondary N) is 2. The van der Waals surface area contributed by atoms with Crippen molar-refractivity contribution in [3.05, 3.63) is 164 Å². The molecule has 9 rings (SSSR count). The van der Waals surface area contributed by atoms with Gasteiger partial charge >= 0.3 is 0 Å². The van der Waals surface area contributed by atoms with E-state index >= 15 is 0 Å². The molecule has 0 aliphatic carbocycles. The van der Waals surface area contributed by atoms with Crippen molar-refractivity contribution < 1.29 is 19.5 Å². The fourth-order valence-electron chi connectivity index (χ4n) is 6.89. The number of H-pyrrole nitrogens is 2. The fraction of sp³-hybridized carbons (Fsp3) is 0. The van der Waals surface area contributed by atoms with Crippen LogP contribution in [0.15, 0.2) is 121 Å². The normalized spacial score (nSPS) is 11.8. The molecule has 0 radical (unpaired) electrons. The van der Waals surface area contributed by atoms with Gasteiger partial charge in [0.1, 0.15) is 0 Å². The molecular formula is C44H26Cl4N4Zn. The number of aromatic amines is 2. The number of aromatic nitrogens is 4. The van der Waals surface area contributed by atoms with Crippen molar-refractivity contribution in [1.82, 2.24) is 19.9 Å². The average Bonchev–Trinajstić information content (AvgIpc) is 3.99. The summed E-state index contributed by atoms with van der Waals surface area (Å²) >= 11 is 25.5. The number of nitrogens with zero attached hydrogens (tertiary/aromatic N) is 2. The van der Waals surface area contributed by atoms with Gasteiger partial charge in [0.05, 0.1) is 22.8 Å². The fourth-order valence-corrected chi connectivity index (χ4v) is 7.39.